The van der Waals surface area contributed by atoms with Crippen LogP contribution in [0.5, 0.6) is 11.5 Å². The Morgan fingerprint density at radius 2 is 2.00 bits per heavy atom. The normalized spacial score (nSPS) is 10.8. The summed E-state index contributed by atoms with van der Waals surface area (Å²) in [7, 11) is 0. The second kappa shape index (κ2) is 5.11. The summed E-state index contributed by atoms with van der Waals surface area (Å²) in [5.74, 6) is 1.05. The Hall–Kier alpha value is -1.71. The van der Waals surface area contributed by atoms with E-state index in [0.717, 1.165) is 20.7 Å². The first kappa shape index (κ1) is 12.3. The van der Waals surface area contributed by atoms with Crippen molar-refractivity contribution in [2.45, 2.75) is 6.61 Å². The number of benzene rings is 2. The lowest BCUT2D eigenvalue weighted by Gasteiger charge is -2.04. The fraction of sp³-hybridized carbons (Fsp3) is 0.0667. The number of thiophene rings is 1. The summed E-state index contributed by atoms with van der Waals surface area (Å²) in [6.45, 7) is 0.500. The smallest absolute Gasteiger partial charge is 0.122 e. The van der Waals surface area contributed by atoms with Crippen LogP contribution in [0, 0.1) is 0 Å². The second-order valence-electron chi connectivity index (χ2n) is 4.18. The largest absolute Gasteiger partial charge is 0.508 e. The van der Waals surface area contributed by atoms with Gasteiger partial charge in [0.2, 0.25) is 0 Å². The van der Waals surface area contributed by atoms with Crippen LogP contribution in [0.4, 0.5) is 0 Å². The number of ether oxygens (including phenoxy) is 1. The van der Waals surface area contributed by atoms with E-state index in [1.165, 1.54) is 0 Å². The Morgan fingerprint density at radius 3 is 2.84 bits per heavy atom. The third kappa shape index (κ3) is 2.83. The van der Waals surface area contributed by atoms with Gasteiger partial charge in [0.05, 0.1) is 0 Å². The quantitative estimate of drug-likeness (QED) is 0.748. The maximum absolute atomic E-state index is 9.44. The highest BCUT2D eigenvalue weighted by Gasteiger charge is 2.04. The van der Waals surface area contributed by atoms with Crippen LogP contribution in [-0.4, -0.2) is 5.11 Å². The molecule has 0 atom stereocenters. The highest BCUT2D eigenvalue weighted by molar-refractivity contribution is 7.19. The van der Waals surface area contributed by atoms with Gasteiger partial charge in [-0.1, -0.05) is 17.7 Å². The van der Waals surface area contributed by atoms with Gasteiger partial charge < -0.3 is 9.84 Å². The maximum atomic E-state index is 9.44. The fourth-order valence-corrected chi connectivity index (χ4v) is 3.05. The van der Waals surface area contributed by atoms with Crippen LogP contribution in [0.15, 0.2) is 48.5 Å². The average molecular weight is 291 g/mol. The fourth-order valence-electron chi connectivity index (χ4n) is 1.86. The van der Waals surface area contributed by atoms with Gasteiger partial charge in [-0.2, -0.15) is 0 Å². The molecule has 0 spiro atoms. The molecule has 1 aromatic heterocycles. The van der Waals surface area contributed by atoms with Crippen LogP contribution in [0.3, 0.4) is 0 Å². The molecule has 0 saturated heterocycles. The van der Waals surface area contributed by atoms with Gasteiger partial charge in [0.15, 0.2) is 0 Å². The molecule has 0 radical (unpaired) electrons. The first-order valence-electron chi connectivity index (χ1n) is 5.80. The zero-order valence-electron chi connectivity index (χ0n) is 9.97. The Labute approximate surface area is 119 Å². The Kier molecular flexibility index (Phi) is 3.32. The summed E-state index contributed by atoms with van der Waals surface area (Å²) in [6.07, 6.45) is 0. The van der Waals surface area contributed by atoms with Crippen molar-refractivity contribution >= 4 is 33.0 Å². The SMILES string of the molecule is Oc1ccc2cc(COc3cccc(Cl)c3)sc2c1. The molecule has 2 aromatic carbocycles. The molecular formula is C15H11ClO2S. The standard InChI is InChI=1S/C15H11ClO2S/c16-11-2-1-3-13(7-11)18-9-14-6-10-4-5-12(17)8-15(10)19-14/h1-8,17H,9H2. The van der Waals surface area contributed by atoms with Crippen molar-refractivity contribution in [3.8, 4) is 11.5 Å². The van der Waals surface area contributed by atoms with Crippen LogP contribution in [-0.2, 0) is 6.61 Å². The topological polar surface area (TPSA) is 29.5 Å². The zero-order chi connectivity index (χ0) is 13.2. The first-order valence-corrected chi connectivity index (χ1v) is 7.00. The summed E-state index contributed by atoms with van der Waals surface area (Å²) < 4.78 is 6.76. The van der Waals surface area contributed by atoms with Crippen LogP contribution in [0.25, 0.3) is 10.1 Å². The molecule has 0 amide bonds. The lowest BCUT2D eigenvalue weighted by molar-refractivity contribution is 0.310. The van der Waals surface area contributed by atoms with Crippen molar-refractivity contribution in [2.24, 2.45) is 0 Å². The van der Waals surface area contributed by atoms with E-state index in [1.54, 1.807) is 29.5 Å². The number of halogens is 1. The number of hydrogen-bond acceptors (Lipinski definition) is 3. The molecule has 4 heteroatoms. The number of rotatable bonds is 3. The van der Waals surface area contributed by atoms with Crippen LogP contribution >= 0.6 is 22.9 Å². The van der Waals surface area contributed by atoms with Crippen molar-refractivity contribution in [3.63, 3.8) is 0 Å². The molecule has 0 unspecified atom stereocenters. The molecule has 3 rings (SSSR count). The van der Waals surface area contributed by atoms with Gasteiger partial charge in [-0.05, 0) is 47.9 Å². The molecule has 1 N–H and O–H groups in total. The van der Waals surface area contributed by atoms with E-state index in [2.05, 4.69) is 6.07 Å². The molecule has 0 aliphatic heterocycles. The van der Waals surface area contributed by atoms with Gasteiger partial charge in [-0.25, -0.2) is 0 Å². The van der Waals surface area contributed by atoms with Gasteiger partial charge in [0, 0.05) is 14.6 Å². The summed E-state index contributed by atoms with van der Waals surface area (Å²) in [5, 5.41) is 11.2. The Balaban J connectivity index is 1.78. The summed E-state index contributed by atoms with van der Waals surface area (Å²) in [4.78, 5) is 1.11. The van der Waals surface area contributed by atoms with E-state index < -0.39 is 0 Å². The van der Waals surface area contributed by atoms with Crippen molar-refractivity contribution < 1.29 is 9.84 Å². The van der Waals surface area contributed by atoms with Crippen LogP contribution in [0.1, 0.15) is 4.88 Å². The van der Waals surface area contributed by atoms with Crippen LogP contribution in [0.2, 0.25) is 5.02 Å². The molecule has 0 saturated carbocycles. The minimum Gasteiger partial charge on any atom is -0.508 e. The number of phenols is 1. The predicted molar refractivity (Wildman–Crippen MR) is 79.3 cm³/mol. The van der Waals surface area contributed by atoms with Crippen LogP contribution < -0.4 is 4.74 Å². The average Bonchev–Trinajstić information content (AvgIpc) is 2.78. The lowest BCUT2D eigenvalue weighted by atomic mass is 10.2. The molecule has 0 aliphatic rings. The molecule has 2 nitrogen and oxygen atoms in total. The van der Waals surface area contributed by atoms with Crippen molar-refractivity contribution in [1.29, 1.82) is 0 Å². The Morgan fingerprint density at radius 1 is 1.11 bits per heavy atom. The van der Waals surface area contributed by atoms with E-state index in [0.29, 0.717) is 11.6 Å². The molecular weight excluding hydrogens is 280 g/mol. The highest BCUT2D eigenvalue weighted by atomic mass is 35.5. The number of aromatic hydroxyl groups is 1. The maximum Gasteiger partial charge on any atom is 0.122 e. The van der Waals surface area contributed by atoms with Gasteiger partial charge in [-0.3, -0.25) is 0 Å². The monoisotopic (exact) mass is 290 g/mol. The van der Waals surface area contributed by atoms with E-state index in [4.69, 9.17) is 16.3 Å². The van der Waals surface area contributed by atoms with Crippen molar-refractivity contribution in [3.05, 3.63) is 58.4 Å². The predicted octanol–water partition coefficient (Wildman–Crippen LogP) is 4.84. The van der Waals surface area contributed by atoms with E-state index >= 15 is 0 Å². The molecule has 0 aliphatic carbocycles. The van der Waals surface area contributed by atoms with Gasteiger partial charge in [-0.15, -0.1) is 11.3 Å². The van der Waals surface area contributed by atoms with Gasteiger partial charge in [0.1, 0.15) is 18.1 Å². The molecule has 0 fully saturated rings. The Bertz CT molecular complexity index is 721. The number of hydrogen-bond donors (Lipinski definition) is 1. The second-order valence-corrected chi connectivity index (χ2v) is 5.79. The third-order valence-electron chi connectivity index (χ3n) is 2.73. The zero-order valence-corrected chi connectivity index (χ0v) is 11.5. The number of fused-ring (bicyclic) bond motifs is 1. The molecule has 19 heavy (non-hydrogen) atoms. The summed E-state index contributed by atoms with van der Waals surface area (Å²) >= 11 is 7.52. The first-order chi connectivity index (χ1) is 9.20. The van der Waals surface area contributed by atoms with E-state index in [9.17, 15) is 5.11 Å². The summed E-state index contributed by atoms with van der Waals surface area (Å²) in [5.41, 5.74) is 0. The summed E-state index contributed by atoms with van der Waals surface area (Å²) in [6, 6.07) is 14.8. The highest BCUT2D eigenvalue weighted by Crippen LogP contribution is 2.29. The van der Waals surface area contributed by atoms with Crippen molar-refractivity contribution in [1.82, 2.24) is 0 Å². The molecule has 0 bridgehead atoms. The minimum atomic E-state index is 0.289. The number of phenolic OH excluding ortho intramolecular Hbond substituents is 1. The third-order valence-corrected chi connectivity index (χ3v) is 4.04. The lowest BCUT2D eigenvalue weighted by Crippen LogP contribution is -1.92. The minimum absolute atomic E-state index is 0.289. The molecule has 3 aromatic rings. The molecule has 96 valence electrons. The van der Waals surface area contributed by atoms with Gasteiger partial charge >= 0.3 is 0 Å². The van der Waals surface area contributed by atoms with E-state index in [1.807, 2.05) is 24.3 Å². The van der Waals surface area contributed by atoms with Crippen molar-refractivity contribution in [2.75, 3.05) is 0 Å². The van der Waals surface area contributed by atoms with E-state index in [-0.39, 0.29) is 5.75 Å². The molecule has 1 heterocycles. The van der Waals surface area contributed by atoms with Gasteiger partial charge in [0.25, 0.3) is 0 Å².